The molecule has 0 aliphatic carbocycles. The van der Waals surface area contributed by atoms with Crippen LogP contribution in [0.15, 0.2) is 11.8 Å². The largest absolute Gasteiger partial charge is 0.501 e. The van der Waals surface area contributed by atoms with Crippen molar-refractivity contribution >= 4 is 11.8 Å². The second-order valence-corrected chi connectivity index (χ2v) is 5.90. The molecule has 92 valence electrons. The Hall–Kier alpha value is -0.190. The zero-order chi connectivity index (χ0) is 11.2. The summed E-state index contributed by atoms with van der Waals surface area (Å²) in [5, 5.41) is 0. The molecule has 2 aliphatic heterocycles. The number of thioether (sulfide) groups is 1. The summed E-state index contributed by atoms with van der Waals surface area (Å²) in [6, 6.07) is 0.327. The van der Waals surface area contributed by atoms with Crippen LogP contribution in [-0.2, 0) is 4.74 Å². The predicted molar refractivity (Wildman–Crippen MR) is 69.0 cm³/mol. The number of hydrogen-bond donors (Lipinski definition) is 2. The molecule has 0 aromatic rings. The first kappa shape index (κ1) is 12.3. The molecule has 3 nitrogen and oxygen atoms in total. The Morgan fingerprint density at radius 2 is 2.31 bits per heavy atom. The third-order valence-electron chi connectivity index (χ3n) is 3.52. The number of nitrogens with two attached hydrogens (primary N) is 1. The molecular formula is C12H22N2OS. The van der Waals surface area contributed by atoms with E-state index in [4.69, 9.17) is 10.6 Å². The molecule has 1 atom stereocenters. The van der Waals surface area contributed by atoms with Crippen LogP contribution in [0.2, 0.25) is 0 Å². The van der Waals surface area contributed by atoms with Crippen LogP contribution in [-0.4, -0.2) is 24.2 Å². The number of rotatable bonds is 4. The van der Waals surface area contributed by atoms with Crippen molar-refractivity contribution in [3.63, 3.8) is 0 Å². The van der Waals surface area contributed by atoms with Gasteiger partial charge in [0.15, 0.2) is 0 Å². The van der Waals surface area contributed by atoms with Crippen molar-refractivity contribution < 1.29 is 4.74 Å². The van der Waals surface area contributed by atoms with Crippen molar-refractivity contribution in [3.8, 4) is 0 Å². The van der Waals surface area contributed by atoms with E-state index in [1.807, 2.05) is 6.26 Å². The van der Waals surface area contributed by atoms with Gasteiger partial charge in [0.1, 0.15) is 0 Å². The van der Waals surface area contributed by atoms with Crippen LogP contribution in [0.3, 0.4) is 0 Å². The fourth-order valence-electron chi connectivity index (χ4n) is 2.48. The van der Waals surface area contributed by atoms with Gasteiger partial charge in [-0.05, 0) is 55.1 Å². The lowest BCUT2D eigenvalue weighted by Crippen LogP contribution is -2.39. The summed E-state index contributed by atoms with van der Waals surface area (Å²) in [7, 11) is 0. The Bertz CT molecular complexity index is 239. The highest BCUT2D eigenvalue weighted by molar-refractivity contribution is 7.99. The van der Waals surface area contributed by atoms with E-state index >= 15 is 0 Å². The van der Waals surface area contributed by atoms with Crippen molar-refractivity contribution in [1.82, 2.24) is 5.43 Å². The Labute approximate surface area is 102 Å². The number of ether oxygens (including phenoxy) is 1. The second kappa shape index (κ2) is 6.52. The van der Waals surface area contributed by atoms with E-state index < -0.39 is 0 Å². The SMILES string of the molecule is NNC(CC1CCSCC1)C1=COCCC1. The molecule has 0 spiro atoms. The van der Waals surface area contributed by atoms with E-state index in [9.17, 15) is 0 Å². The Kier molecular flexibility index (Phi) is 5.00. The minimum absolute atomic E-state index is 0.327. The molecule has 1 unspecified atom stereocenters. The lowest BCUT2D eigenvalue weighted by Gasteiger charge is -2.28. The standard InChI is InChI=1S/C12H22N2OS/c13-14-12(11-2-1-5-15-9-11)8-10-3-6-16-7-4-10/h9-10,12,14H,1-8,13H2. The number of hydrazine groups is 1. The van der Waals surface area contributed by atoms with Gasteiger partial charge in [0, 0.05) is 6.04 Å². The van der Waals surface area contributed by atoms with Gasteiger partial charge in [0.2, 0.25) is 0 Å². The quantitative estimate of drug-likeness (QED) is 0.585. The summed E-state index contributed by atoms with van der Waals surface area (Å²) in [6.45, 7) is 0.862. The minimum Gasteiger partial charge on any atom is -0.501 e. The Balaban J connectivity index is 1.86. The lowest BCUT2D eigenvalue weighted by molar-refractivity contribution is 0.216. The van der Waals surface area contributed by atoms with E-state index in [0.29, 0.717) is 6.04 Å². The molecule has 1 saturated heterocycles. The van der Waals surface area contributed by atoms with Crippen molar-refractivity contribution in [2.24, 2.45) is 11.8 Å². The van der Waals surface area contributed by atoms with Gasteiger partial charge in [-0.25, -0.2) is 0 Å². The average molecular weight is 242 g/mol. The molecule has 3 N–H and O–H groups in total. The molecule has 0 bridgehead atoms. The highest BCUT2D eigenvalue weighted by Gasteiger charge is 2.22. The summed E-state index contributed by atoms with van der Waals surface area (Å²) < 4.78 is 5.39. The molecule has 0 amide bonds. The molecule has 4 heteroatoms. The fourth-order valence-corrected chi connectivity index (χ4v) is 3.69. The van der Waals surface area contributed by atoms with Crippen LogP contribution in [0, 0.1) is 5.92 Å². The van der Waals surface area contributed by atoms with E-state index in [0.717, 1.165) is 25.4 Å². The van der Waals surface area contributed by atoms with E-state index in [-0.39, 0.29) is 0 Å². The van der Waals surface area contributed by atoms with Crippen molar-refractivity contribution in [3.05, 3.63) is 11.8 Å². The molecule has 2 rings (SSSR count). The average Bonchev–Trinajstić information content (AvgIpc) is 2.38. The summed E-state index contributed by atoms with van der Waals surface area (Å²) in [4.78, 5) is 0. The Morgan fingerprint density at radius 3 is 2.94 bits per heavy atom. The summed E-state index contributed by atoms with van der Waals surface area (Å²) in [6.07, 6.45) is 8.05. The first-order chi connectivity index (χ1) is 7.90. The molecule has 1 fully saturated rings. The van der Waals surface area contributed by atoms with Crippen molar-refractivity contribution in [2.75, 3.05) is 18.1 Å². The van der Waals surface area contributed by atoms with Crippen molar-refractivity contribution in [1.29, 1.82) is 0 Å². The van der Waals surface area contributed by atoms with Crippen LogP contribution in [0.25, 0.3) is 0 Å². The maximum Gasteiger partial charge on any atom is 0.0876 e. The zero-order valence-electron chi connectivity index (χ0n) is 9.78. The van der Waals surface area contributed by atoms with Crippen LogP contribution >= 0.6 is 11.8 Å². The fraction of sp³-hybridized carbons (Fsp3) is 0.833. The maximum atomic E-state index is 5.67. The first-order valence-corrected chi connectivity index (χ1v) is 7.40. The zero-order valence-corrected chi connectivity index (χ0v) is 10.6. The molecule has 2 heterocycles. The Morgan fingerprint density at radius 1 is 1.50 bits per heavy atom. The van der Waals surface area contributed by atoms with Gasteiger partial charge in [-0.1, -0.05) is 0 Å². The molecule has 2 aliphatic rings. The monoisotopic (exact) mass is 242 g/mol. The summed E-state index contributed by atoms with van der Waals surface area (Å²) in [5.41, 5.74) is 4.32. The lowest BCUT2D eigenvalue weighted by atomic mass is 9.89. The second-order valence-electron chi connectivity index (χ2n) is 4.68. The van der Waals surface area contributed by atoms with Gasteiger partial charge in [0.05, 0.1) is 12.9 Å². The molecule has 0 aromatic heterocycles. The molecule has 0 saturated carbocycles. The third kappa shape index (κ3) is 3.40. The third-order valence-corrected chi connectivity index (χ3v) is 4.57. The van der Waals surface area contributed by atoms with Crippen molar-refractivity contribution in [2.45, 2.75) is 38.1 Å². The highest BCUT2D eigenvalue weighted by Crippen LogP contribution is 2.29. The minimum atomic E-state index is 0.327. The van der Waals surface area contributed by atoms with Gasteiger partial charge in [-0.3, -0.25) is 11.3 Å². The molecule has 0 radical (unpaired) electrons. The van der Waals surface area contributed by atoms with Gasteiger partial charge >= 0.3 is 0 Å². The van der Waals surface area contributed by atoms with Gasteiger partial charge in [-0.15, -0.1) is 0 Å². The first-order valence-electron chi connectivity index (χ1n) is 6.24. The molecule has 0 aromatic carbocycles. The maximum absolute atomic E-state index is 5.67. The van der Waals surface area contributed by atoms with E-state index in [2.05, 4.69) is 17.2 Å². The topological polar surface area (TPSA) is 47.3 Å². The van der Waals surface area contributed by atoms with Crippen LogP contribution < -0.4 is 11.3 Å². The normalized spacial score (nSPS) is 24.7. The van der Waals surface area contributed by atoms with E-state index in [1.54, 1.807) is 0 Å². The smallest absolute Gasteiger partial charge is 0.0876 e. The number of hydrogen-bond acceptors (Lipinski definition) is 4. The molecule has 16 heavy (non-hydrogen) atoms. The predicted octanol–water partition coefficient (Wildman–Crippen LogP) is 2.05. The van der Waals surface area contributed by atoms with Gasteiger partial charge in [-0.2, -0.15) is 11.8 Å². The van der Waals surface area contributed by atoms with Crippen LogP contribution in [0.4, 0.5) is 0 Å². The van der Waals surface area contributed by atoms with Crippen LogP contribution in [0.5, 0.6) is 0 Å². The summed E-state index contributed by atoms with van der Waals surface area (Å²) in [5.74, 6) is 9.14. The van der Waals surface area contributed by atoms with Gasteiger partial charge in [0.25, 0.3) is 0 Å². The highest BCUT2D eigenvalue weighted by atomic mass is 32.2. The van der Waals surface area contributed by atoms with Crippen LogP contribution in [0.1, 0.15) is 32.1 Å². The molecular weight excluding hydrogens is 220 g/mol. The number of nitrogens with one attached hydrogen (secondary N) is 1. The van der Waals surface area contributed by atoms with E-state index in [1.165, 1.54) is 36.3 Å². The van der Waals surface area contributed by atoms with Gasteiger partial charge < -0.3 is 4.74 Å². The summed E-state index contributed by atoms with van der Waals surface area (Å²) >= 11 is 2.08.